The second-order valence-electron chi connectivity index (χ2n) is 6.71. The molecular weight excluding hydrogens is 258 g/mol. The van der Waals surface area contributed by atoms with Crippen molar-refractivity contribution in [3.63, 3.8) is 0 Å². The Balaban J connectivity index is 2.83. The van der Waals surface area contributed by atoms with Crippen LogP contribution in [0.25, 0.3) is 0 Å². The molecule has 1 fully saturated rings. The molecular formula is C14H25NO3Si. The summed E-state index contributed by atoms with van der Waals surface area (Å²) in [5.41, 5.74) is 0. The van der Waals surface area contributed by atoms with Crippen LogP contribution in [0, 0.1) is 18.3 Å². The highest BCUT2D eigenvalue weighted by atomic mass is 28.4. The van der Waals surface area contributed by atoms with Gasteiger partial charge >= 0.3 is 6.09 Å². The van der Waals surface area contributed by atoms with Crippen LogP contribution in [-0.2, 0) is 4.43 Å². The number of terminal acetylenes is 1. The van der Waals surface area contributed by atoms with Crippen molar-refractivity contribution in [3.8, 4) is 12.3 Å². The van der Waals surface area contributed by atoms with Gasteiger partial charge in [-0.15, -0.1) is 12.3 Å². The van der Waals surface area contributed by atoms with Gasteiger partial charge in [0, 0.05) is 12.5 Å². The van der Waals surface area contributed by atoms with E-state index in [-0.39, 0.29) is 17.1 Å². The molecule has 0 unspecified atom stereocenters. The van der Waals surface area contributed by atoms with Gasteiger partial charge in [0.2, 0.25) is 0 Å². The lowest BCUT2D eigenvalue weighted by Crippen LogP contribution is -2.53. The molecule has 1 rings (SSSR count). The molecule has 1 amide bonds. The summed E-state index contributed by atoms with van der Waals surface area (Å²) >= 11 is 0. The average molecular weight is 283 g/mol. The first-order valence-electron chi connectivity index (χ1n) is 6.70. The molecule has 0 aliphatic carbocycles. The minimum Gasteiger partial charge on any atom is -0.465 e. The molecule has 2 atom stereocenters. The van der Waals surface area contributed by atoms with Crippen LogP contribution in [0.15, 0.2) is 0 Å². The summed E-state index contributed by atoms with van der Waals surface area (Å²) in [6.07, 6.45) is 5.19. The summed E-state index contributed by atoms with van der Waals surface area (Å²) in [5.74, 6) is 2.78. The van der Waals surface area contributed by atoms with Gasteiger partial charge in [0.15, 0.2) is 8.32 Å². The zero-order valence-electron chi connectivity index (χ0n) is 12.6. The molecule has 0 aromatic rings. The van der Waals surface area contributed by atoms with E-state index in [1.165, 1.54) is 4.90 Å². The molecule has 108 valence electrons. The van der Waals surface area contributed by atoms with Crippen molar-refractivity contribution >= 4 is 14.4 Å². The molecule has 0 aromatic carbocycles. The number of carbonyl (C=O) groups is 1. The molecule has 5 heteroatoms. The molecule has 4 nitrogen and oxygen atoms in total. The summed E-state index contributed by atoms with van der Waals surface area (Å²) < 4.78 is 6.32. The fourth-order valence-corrected chi connectivity index (χ4v) is 3.30. The fourth-order valence-electron chi connectivity index (χ4n) is 1.96. The molecule has 19 heavy (non-hydrogen) atoms. The van der Waals surface area contributed by atoms with Crippen LogP contribution in [-0.4, -0.2) is 43.6 Å². The highest BCUT2D eigenvalue weighted by molar-refractivity contribution is 6.74. The second-order valence-corrected chi connectivity index (χ2v) is 11.5. The van der Waals surface area contributed by atoms with Crippen LogP contribution in [0.2, 0.25) is 18.1 Å². The summed E-state index contributed by atoms with van der Waals surface area (Å²) in [6.45, 7) is 11.7. The maximum absolute atomic E-state index is 11.1. The van der Waals surface area contributed by atoms with Crippen LogP contribution in [0.3, 0.4) is 0 Å². The standard InChI is InChI=1S/C14H25NO3Si/c1-7-11-8-9-15(13(16)17)10-12(11)18-19(5,6)14(2,3)4/h1,11-12H,8-10H2,2-6H3,(H,16,17)/t11-,12-/m0/s1. The maximum atomic E-state index is 11.1. The number of hydrogen-bond donors (Lipinski definition) is 1. The third kappa shape index (κ3) is 3.74. The average Bonchev–Trinajstić information content (AvgIpc) is 2.26. The first-order valence-corrected chi connectivity index (χ1v) is 9.61. The van der Waals surface area contributed by atoms with E-state index in [9.17, 15) is 4.79 Å². The van der Waals surface area contributed by atoms with E-state index in [4.69, 9.17) is 16.0 Å². The predicted molar refractivity (Wildman–Crippen MR) is 78.6 cm³/mol. The van der Waals surface area contributed by atoms with E-state index in [0.717, 1.165) is 0 Å². The number of rotatable bonds is 2. The quantitative estimate of drug-likeness (QED) is 0.626. The summed E-state index contributed by atoms with van der Waals surface area (Å²) in [7, 11) is -1.93. The molecule has 0 saturated carbocycles. The number of likely N-dealkylation sites (tertiary alicyclic amines) is 1. The summed E-state index contributed by atoms with van der Waals surface area (Å²) in [5, 5.41) is 9.20. The van der Waals surface area contributed by atoms with Crippen molar-refractivity contribution < 1.29 is 14.3 Å². The highest BCUT2D eigenvalue weighted by Gasteiger charge is 2.42. The van der Waals surface area contributed by atoms with E-state index < -0.39 is 14.4 Å². The van der Waals surface area contributed by atoms with E-state index in [1.807, 2.05) is 0 Å². The molecule has 1 aliphatic heterocycles. The Morgan fingerprint density at radius 2 is 2.05 bits per heavy atom. The third-order valence-corrected chi connectivity index (χ3v) is 8.80. The lowest BCUT2D eigenvalue weighted by molar-refractivity contribution is 0.0506. The zero-order valence-corrected chi connectivity index (χ0v) is 13.6. The van der Waals surface area contributed by atoms with Crippen molar-refractivity contribution in [1.82, 2.24) is 4.90 Å². The van der Waals surface area contributed by atoms with Gasteiger partial charge in [-0.05, 0) is 24.6 Å². The number of hydrogen-bond acceptors (Lipinski definition) is 2. The second kappa shape index (κ2) is 5.56. The highest BCUT2D eigenvalue weighted by Crippen LogP contribution is 2.38. The van der Waals surface area contributed by atoms with Crippen molar-refractivity contribution in [2.75, 3.05) is 13.1 Å². The SMILES string of the molecule is C#C[C@H]1CCN(C(=O)O)C[C@@H]1O[Si](C)(C)C(C)(C)C. The van der Waals surface area contributed by atoms with Gasteiger partial charge in [-0.25, -0.2) is 4.79 Å². The van der Waals surface area contributed by atoms with Crippen molar-refractivity contribution in [1.29, 1.82) is 0 Å². The van der Waals surface area contributed by atoms with Gasteiger partial charge in [0.1, 0.15) is 0 Å². The van der Waals surface area contributed by atoms with Gasteiger partial charge < -0.3 is 14.4 Å². The van der Waals surface area contributed by atoms with Gasteiger partial charge in [-0.1, -0.05) is 20.8 Å². The Kier molecular flexibility index (Phi) is 4.70. The van der Waals surface area contributed by atoms with Gasteiger partial charge in [0.05, 0.1) is 12.6 Å². The Morgan fingerprint density at radius 1 is 1.47 bits per heavy atom. The van der Waals surface area contributed by atoms with E-state index in [2.05, 4.69) is 39.8 Å². The molecule has 0 radical (unpaired) electrons. The Labute approximate surface area is 117 Å². The number of piperidine rings is 1. The van der Waals surface area contributed by atoms with Gasteiger partial charge in [-0.3, -0.25) is 0 Å². The minimum absolute atomic E-state index is 0.0183. The monoisotopic (exact) mass is 283 g/mol. The fraction of sp³-hybridized carbons (Fsp3) is 0.786. The Morgan fingerprint density at radius 3 is 2.47 bits per heavy atom. The zero-order chi connectivity index (χ0) is 14.8. The van der Waals surface area contributed by atoms with Gasteiger partial charge in [0.25, 0.3) is 0 Å². The lowest BCUT2D eigenvalue weighted by atomic mass is 9.95. The molecule has 0 aromatic heterocycles. The van der Waals surface area contributed by atoms with E-state index in [1.54, 1.807) is 0 Å². The van der Waals surface area contributed by atoms with Crippen LogP contribution in [0.4, 0.5) is 4.79 Å². The van der Waals surface area contributed by atoms with E-state index in [0.29, 0.717) is 19.5 Å². The molecule has 0 bridgehead atoms. The minimum atomic E-state index is -1.93. The summed E-state index contributed by atoms with van der Waals surface area (Å²) in [6, 6.07) is 0. The van der Waals surface area contributed by atoms with Crippen LogP contribution < -0.4 is 0 Å². The molecule has 1 saturated heterocycles. The predicted octanol–water partition coefficient (Wildman–Crippen LogP) is 3.01. The molecule has 1 aliphatic rings. The van der Waals surface area contributed by atoms with Crippen molar-refractivity contribution in [2.45, 2.75) is 51.4 Å². The smallest absolute Gasteiger partial charge is 0.407 e. The maximum Gasteiger partial charge on any atom is 0.407 e. The number of amides is 1. The van der Waals surface area contributed by atoms with Crippen molar-refractivity contribution in [3.05, 3.63) is 0 Å². The molecule has 1 heterocycles. The third-order valence-electron chi connectivity index (χ3n) is 4.30. The van der Waals surface area contributed by atoms with Crippen LogP contribution >= 0.6 is 0 Å². The Hall–Kier alpha value is -0.993. The van der Waals surface area contributed by atoms with Gasteiger partial charge in [-0.2, -0.15) is 0 Å². The van der Waals surface area contributed by atoms with Crippen molar-refractivity contribution in [2.24, 2.45) is 5.92 Å². The Bertz CT molecular complexity index is 381. The van der Waals surface area contributed by atoms with Crippen LogP contribution in [0.5, 0.6) is 0 Å². The summed E-state index contributed by atoms with van der Waals surface area (Å²) in [4.78, 5) is 12.5. The first kappa shape index (κ1) is 16.1. The van der Waals surface area contributed by atoms with E-state index >= 15 is 0 Å². The van der Waals surface area contributed by atoms with Crippen LogP contribution in [0.1, 0.15) is 27.2 Å². The largest absolute Gasteiger partial charge is 0.465 e. The lowest BCUT2D eigenvalue weighted by Gasteiger charge is -2.43. The normalized spacial score (nSPS) is 24.9. The molecule has 1 N–H and O–H groups in total. The number of nitrogens with zero attached hydrogens (tertiary/aromatic N) is 1. The molecule has 0 spiro atoms. The first-order chi connectivity index (χ1) is 8.58. The topological polar surface area (TPSA) is 49.8 Å². The number of carboxylic acid groups (broad SMARTS) is 1.